The van der Waals surface area contributed by atoms with Gasteiger partial charge in [0.15, 0.2) is 0 Å². The van der Waals surface area contributed by atoms with E-state index in [0.29, 0.717) is 36.4 Å². The molecule has 3 N–H and O–H groups in total. The number of aromatic nitrogens is 2. The molecule has 4 rings (SSSR count). The molecule has 1 aliphatic rings. The number of amides is 1. The molecule has 0 radical (unpaired) electrons. The molecule has 34 heavy (non-hydrogen) atoms. The van der Waals surface area contributed by atoms with Crippen molar-refractivity contribution in [3.8, 4) is 0 Å². The third-order valence-electron chi connectivity index (χ3n) is 5.03. The summed E-state index contributed by atoms with van der Waals surface area (Å²) in [5.74, 6) is 1.08. The number of ether oxygens (including phenoxy) is 1. The molecule has 2 heterocycles. The Morgan fingerprint density at radius 1 is 0.941 bits per heavy atom. The number of morpholine rings is 1. The number of nitrogens with one attached hydrogen (secondary N) is 3. The van der Waals surface area contributed by atoms with E-state index in [2.05, 4.69) is 30.2 Å². The molecule has 1 aromatic heterocycles. The van der Waals surface area contributed by atoms with Crippen LogP contribution in [0.5, 0.6) is 0 Å². The quantitative estimate of drug-likeness (QED) is 0.469. The Bertz CT molecular complexity index is 1260. The Balaban J connectivity index is 1.43. The summed E-state index contributed by atoms with van der Waals surface area (Å²) in [5.41, 5.74) is 2.55. The van der Waals surface area contributed by atoms with Crippen molar-refractivity contribution in [2.45, 2.75) is 18.7 Å². The molecule has 0 aliphatic carbocycles. The van der Waals surface area contributed by atoms with Crippen molar-refractivity contribution < 1.29 is 17.9 Å². The van der Waals surface area contributed by atoms with Gasteiger partial charge in [0, 0.05) is 48.8 Å². The number of rotatable bonds is 7. The van der Waals surface area contributed by atoms with Gasteiger partial charge in [-0.1, -0.05) is 0 Å². The van der Waals surface area contributed by atoms with E-state index in [1.165, 1.54) is 31.2 Å². The highest BCUT2D eigenvalue weighted by molar-refractivity contribution is 7.92. The maximum Gasteiger partial charge on any atom is 0.261 e. The van der Waals surface area contributed by atoms with E-state index >= 15 is 0 Å². The van der Waals surface area contributed by atoms with Gasteiger partial charge in [-0.2, -0.15) is 4.98 Å². The molecule has 178 valence electrons. The predicted octanol–water partition coefficient (Wildman–Crippen LogP) is 3.12. The molecule has 2 aromatic carbocycles. The van der Waals surface area contributed by atoms with Crippen molar-refractivity contribution in [1.29, 1.82) is 0 Å². The van der Waals surface area contributed by atoms with Gasteiger partial charge in [-0.15, -0.1) is 0 Å². The van der Waals surface area contributed by atoms with Crippen LogP contribution in [0.4, 0.5) is 28.8 Å². The largest absolute Gasteiger partial charge is 0.378 e. The maximum absolute atomic E-state index is 12.7. The molecule has 10 nitrogen and oxygen atoms in total. The number of carbonyl (C=O) groups excluding carboxylic acids is 1. The zero-order valence-electron chi connectivity index (χ0n) is 18.9. The third-order valence-corrected chi connectivity index (χ3v) is 6.43. The van der Waals surface area contributed by atoms with E-state index in [1.54, 1.807) is 24.3 Å². The van der Waals surface area contributed by atoms with Crippen LogP contribution in [0.1, 0.15) is 12.6 Å². The van der Waals surface area contributed by atoms with Gasteiger partial charge >= 0.3 is 0 Å². The van der Waals surface area contributed by atoms with Crippen LogP contribution in [-0.4, -0.2) is 50.6 Å². The number of benzene rings is 2. The van der Waals surface area contributed by atoms with E-state index in [4.69, 9.17) is 4.74 Å². The van der Waals surface area contributed by atoms with Crippen LogP contribution >= 0.6 is 0 Å². The highest BCUT2D eigenvalue weighted by atomic mass is 32.2. The van der Waals surface area contributed by atoms with E-state index in [1.807, 2.05) is 13.0 Å². The Morgan fingerprint density at radius 3 is 2.21 bits per heavy atom. The number of anilines is 5. The normalized spacial score (nSPS) is 13.9. The van der Waals surface area contributed by atoms with Crippen molar-refractivity contribution in [2.75, 3.05) is 46.6 Å². The molecule has 1 fully saturated rings. The number of nitrogens with zero attached hydrogens (tertiary/aromatic N) is 3. The highest BCUT2D eigenvalue weighted by Gasteiger charge is 2.16. The molecule has 1 amide bonds. The van der Waals surface area contributed by atoms with Crippen LogP contribution in [0.15, 0.2) is 59.5 Å². The Morgan fingerprint density at radius 2 is 1.56 bits per heavy atom. The number of hydrogen-bond acceptors (Lipinski definition) is 8. The first kappa shape index (κ1) is 23.5. The smallest absolute Gasteiger partial charge is 0.261 e. The van der Waals surface area contributed by atoms with Crippen LogP contribution in [-0.2, 0) is 19.6 Å². The fourth-order valence-electron chi connectivity index (χ4n) is 3.43. The van der Waals surface area contributed by atoms with E-state index in [-0.39, 0.29) is 10.8 Å². The first-order chi connectivity index (χ1) is 16.3. The second-order valence-electron chi connectivity index (χ2n) is 7.81. The van der Waals surface area contributed by atoms with E-state index in [0.717, 1.165) is 24.5 Å². The SMILES string of the molecule is CC(=O)Nc1ccc(S(=O)(=O)Nc2ccc(Nc3cc(C)nc(N4CCOCC4)n3)cc2)cc1. The van der Waals surface area contributed by atoms with Gasteiger partial charge in [0.05, 0.1) is 18.1 Å². The molecule has 0 bridgehead atoms. The molecule has 0 spiro atoms. The zero-order valence-corrected chi connectivity index (χ0v) is 19.7. The minimum atomic E-state index is -3.77. The predicted molar refractivity (Wildman–Crippen MR) is 131 cm³/mol. The molecule has 0 saturated carbocycles. The fraction of sp³-hybridized carbons (Fsp3) is 0.261. The average Bonchev–Trinajstić information content (AvgIpc) is 2.80. The average molecular weight is 483 g/mol. The summed E-state index contributed by atoms with van der Waals surface area (Å²) in [6.45, 7) is 6.09. The van der Waals surface area contributed by atoms with E-state index in [9.17, 15) is 13.2 Å². The van der Waals surface area contributed by atoms with Gasteiger partial charge in [-0.3, -0.25) is 9.52 Å². The first-order valence-corrected chi connectivity index (χ1v) is 12.2. The van der Waals surface area contributed by atoms with Crippen molar-refractivity contribution >= 4 is 44.8 Å². The van der Waals surface area contributed by atoms with Crippen LogP contribution in [0.25, 0.3) is 0 Å². The summed E-state index contributed by atoms with van der Waals surface area (Å²) < 4.78 is 33.3. The third kappa shape index (κ3) is 6.00. The lowest BCUT2D eigenvalue weighted by molar-refractivity contribution is -0.114. The number of hydrogen-bond donors (Lipinski definition) is 3. The van der Waals surface area contributed by atoms with Crippen LogP contribution in [0, 0.1) is 6.92 Å². The maximum atomic E-state index is 12.7. The fourth-order valence-corrected chi connectivity index (χ4v) is 4.48. The topological polar surface area (TPSA) is 126 Å². The molecule has 11 heteroatoms. The highest BCUT2D eigenvalue weighted by Crippen LogP contribution is 2.23. The van der Waals surface area contributed by atoms with Crippen molar-refractivity contribution in [1.82, 2.24) is 9.97 Å². The Kier molecular flexibility index (Phi) is 6.94. The summed E-state index contributed by atoms with van der Waals surface area (Å²) in [6, 6.07) is 14.7. The van der Waals surface area contributed by atoms with Crippen LogP contribution in [0.3, 0.4) is 0 Å². The lowest BCUT2D eigenvalue weighted by atomic mass is 10.3. The second-order valence-corrected chi connectivity index (χ2v) is 9.49. The lowest BCUT2D eigenvalue weighted by Crippen LogP contribution is -2.37. The number of aryl methyl sites for hydroxylation is 1. The minimum Gasteiger partial charge on any atom is -0.378 e. The first-order valence-electron chi connectivity index (χ1n) is 10.7. The monoisotopic (exact) mass is 482 g/mol. The lowest BCUT2D eigenvalue weighted by Gasteiger charge is -2.27. The van der Waals surface area contributed by atoms with Gasteiger partial charge < -0.3 is 20.3 Å². The summed E-state index contributed by atoms with van der Waals surface area (Å²) in [6.07, 6.45) is 0. The van der Waals surface area contributed by atoms with Crippen molar-refractivity contribution in [2.24, 2.45) is 0 Å². The van der Waals surface area contributed by atoms with Gasteiger partial charge in [-0.25, -0.2) is 13.4 Å². The summed E-state index contributed by atoms with van der Waals surface area (Å²) in [7, 11) is -3.77. The molecular weight excluding hydrogens is 456 g/mol. The van der Waals surface area contributed by atoms with Crippen molar-refractivity contribution in [3.63, 3.8) is 0 Å². The molecule has 0 unspecified atom stereocenters. The molecule has 1 aliphatic heterocycles. The number of sulfonamides is 1. The standard InChI is InChI=1S/C23H26N6O4S/c1-16-15-22(27-23(24-16)29-11-13-33-14-12-29)26-19-3-5-20(6-4-19)28-34(31,32)21-9-7-18(8-10-21)25-17(2)30/h3-10,15,28H,11-14H2,1-2H3,(H,25,30)(H,24,26,27). The zero-order chi connectivity index (χ0) is 24.1. The van der Waals surface area contributed by atoms with Gasteiger partial charge in [0.1, 0.15) is 5.82 Å². The van der Waals surface area contributed by atoms with Gasteiger partial charge in [0.2, 0.25) is 11.9 Å². The minimum absolute atomic E-state index is 0.0934. The van der Waals surface area contributed by atoms with E-state index < -0.39 is 10.0 Å². The summed E-state index contributed by atoms with van der Waals surface area (Å²) in [4.78, 5) is 22.4. The Hall–Kier alpha value is -3.70. The summed E-state index contributed by atoms with van der Waals surface area (Å²) in [5, 5.41) is 5.85. The molecule has 3 aromatic rings. The van der Waals surface area contributed by atoms with Gasteiger partial charge in [-0.05, 0) is 55.5 Å². The number of carbonyl (C=O) groups is 1. The molecule has 0 atom stereocenters. The molecular formula is C23H26N6O4S. The van der Waals surface area contributed by atoms with Crippen LogP contribution in [0.2, 0.25) is 0 Å². The van der Waals surface area contributed by atoms with Gasteiger partial charge in [0.25, 0.3) is 10.0 Å². The van der Waals surface area contributed by atoms with Crippen molar-refractivity contribution in [3.05, 3.63) is 60.3 Å². The Labute approximate surface area is 198 Å². The summed E-state index contributed by atoms with van der Waals surface area (Å²) >= 11 is 0. The second kappa shape index (κ2) is 10.1. The molecule has 1 saturated heterocycles. The van der Waals surface area contributed by atoms with Crippen LogP contribution < -0.4 is 20.3 Å².